The van der Waals surface area contributed by atoms with Crippen LogP contribution in [-0.4, -0.2) is 52.9 Å². The second-order valence-electron chi connectivity index (χ2n) is 8.41. The molecule has 1 fully saturated rings. The van der Waals surface area contributed by atoms with Gasteiger partial charge in [0.15, 0.2) is 0 Å². The van der Waals surface area contributed by atoms with Crippen molar-refractivity contribution in [3.05, 3.63) is 53.6 Å². The molecule has 0 spiro atoms. The maximum absolute atomic E-state index is 12.6. The van der Waals surface area contributed by atoms with E-state index in [0.29, 0.717) is 30.9 Å². The van der Waals surface area contributed by atoms with Gasteiger partial charge in [-0.15, -0.1) is 0 Å². The van der Waals surface area contributed by atoms with Crippen LogP contribution in [-0.2, 0) is 24.8 Å². The number of carbonyl (C=O) groups is 1. The van der Waals surface area contributed by atoms with Crippen LogP contribution in [0, 0.1) is 13.8 Å². The normalized spacial score (nSPS) is 14.9. The SMILES string of the molecule is Cc1ccc(C)c(N(CCCC(=O)Nc2ccc(S(=O)(=O)N3CCCC3)cc2)S(C)(=O)=O)c1. The highest BCUT2D eigenvalue weighted by Gasteiger charge is 2.27. The Morgan fingerprint density at radius 3 is 2.24 bits per heavy atom. The highest BCUT2D eigenvalue weighted by molar-refractivity contribution is 7.92. The van der Waals surface area contributed by atoms with Crippen LogP contribution in [0.5, 0.6) is 0 Å². The lowest BCUT2D eigenvalue weighted by Crippen LogP contribution is -2.32. The molecule has 0 aliphatic carbocycles. The van der Waals surface area contributed by atoms with E-state index in [-0.39, 0.29) is 23.8 Å². The summed E-state index contributed by atoms with van der Waals surface area (Å²) in [4.78, 5) is 12.6. The molecule has 0 bridgehead atoms. The summed E-state index contributed by atoms with van der Waals surface area (Å²) in [5.74, 6) is -0.264. The molecule has 1 aliphatic heterocycles. The van der Waals surface area contributed by atoms with E-state index in [2.05, 4.69) is 5.32 Å². The van der Waals surface area contributed by atoms with Crippen molar-refractivity contribution in [2.45, 2.75) is 44.4 Å². The lowest BCUT2D eigenvalue weighted by atomic mass is 10.1. The molecule has 0 aromatic heterocycles. The summed E-state index contributed by atoms with van der Waals surface area (Å²) >= 11 is 0. The predicted octanol–water partition coefficient (Wildman–Crippen LogP) is 3.27. The number of sulfonamides is 2. The Hall–Kier alpha value is -2.43. The van der Waals surface area contributed by atoms with Gasteiger partial charge in [-0.1, -0.05) is 12.1 Å². The minimum atomic E-state index is -3.50. The average Bonchev–Trinajstić information content (AvgIpc) is 3.29. The largest absolute Gasteiger partial charge is 0.326 e. The Morgan fingerprint density at radius 2 is 1.64 bits per heavy atom. The molecule has 0 unspecified atom stereocenters. The molecule has 1 aliphatic rings. The monoisotopic (exact) mass is 493 g/mol. The molecule has 1 heterocycles. The summed E-state index contributed by atoms with van der Waals surface area (Å²) in [7, 11) is -7.00. The van der Waals surface area contributed by atoms with E-state index in [1.165, 1.54) is 20.7 Å². The third kappa shape index (κ3) is 6.33. The zero-order chi connectivity index (χ0) is 24.2. The van der Waals surface area contributed by atoms with Gasteiger partial charge in [0.25, 0.3) is 0 Å². The van der Waals surface area contributed by atoms with Crippen molar-refractivity contribution in [2.75, 3.05) is 35.5 Å². The Balaban J connectivity index is 1.59. The maximum atomic E-state index is 12.6. The number of nitrogens with one attached hydrogen (secondary N) is 1. The van der Waals surface area contributed by atoms with Gasteiger partial charge in [-0.05, 0) is 74.6 Å². The molecule has 8 nitrogen and oxygen atoms in total. The standard InChI is InChI=1S/C23H31N3O5S2/c1-18-8-9-19(2)22(17-18)26(32(3,28)29)16-6-7-23(27)24-20-10-12-21(13-11-20)33(30,31)25-14-4-5-15-25/h8-13,17H,4-7,14-16H2,1-3H3,(H,24,27). The van der Waals surface area contributed by atoms with Crippen molar-refractivity contribution in [3.8, 4) is 0 Å². The molecule has 1 N–H and O–H groups in total. The summed E-state index contributed by atoms with van der Waals surface area (Å²) in [6.45, 7) is 5.01. The van der Waals surface area contributed by atoms with E-state index in [1.807, 2.05) is 32.0 Å². The summed E-state index contributed by atoms with van der Waals surface area (Å²) in [6.07, 6.45) is 3.37. The molecule has 0 atom stereocenters. The quantitative estimate of drug-likeness (QED) is 0.577. The first-order chi connectivity index (χ1) is 15.5. The summed E-state index contributed by atoms with van der Waals surface area (Å²) in [5.41, 5.74) is 2.92. The van der Waals surface area contributed by atoms with Crippen molar-refractivity contribution in [3.63, 3.8) is 0 Å². The van der Waals surface area contributed by atoms with Crippen molar-refractivity contribution in [1.82, 2.24) is 4.31 Å². The van der Waals surface area contributed by atoms with Crippen LogP contribution < -0.4 is 9.62 Å². The minimum Gasteiger partial charge on any atom is -0.326 e. The van der Waals surface area contributed by atoms with Gasteiger partial charge in [-0.3, -0.25) is 9.10 Å². The molecular formula is C23H31N3O5S2. The van der Waals surface area contributed by atoms with E-state index in [4.69, 9.17) is 0 Å². The van der Waals surface area contributed by atoms with E-state index in [1.54, 1.807) is 12.1 Å². The van der Waals surface area contributed by atoms with Gasteiger partial charge in [0, 0.05) is 31.7 Å². The molecule has 0 saturated carbocycles. The third-order valence-corrected chi connectivity index (χ3v) is 8.73. The summed E-state index contributed by atoms with van der Waals surface area (Å²) < 4.78 is 52.7. The third-order valence-electron chi connectivity index (χ3n) is 5.64. The number of amides is 1. The Labute approximate surface area is 196 Å². The van der Waals surface area contributed by atoms with Gasteiger partial charge in [-0.2, -0.15) is 4.31 Å². The van der Waals surface area contributed by atoms with Crippen molar-refractivity contribution in [2.24, 2.45) is 0 Å². The fraction of sp³-hybridized carbons (Fsp3) is 0.435. The van der Waals surface area contributed by atoms with Gasteiger partial charge >= 0.3 is 0 Å². The van der Waals surface area contributed by atoms with Crippen LogP contribution in [0.2, 0.25) is 0 Å². The van der Waals surface area contributed by atoms with E-state index < -0.39 is 20.0 Å². The van der Waals surface area contributed by atoms with Gasteiger partial charge in [0.2, 0.25) is 26.0 Å². The molecule has 33 heavy (non-hydrogen) atoms. The molecule has 10 heteroatoms. The van der Waals surface area contributed by atoms with Crippen LogP contribution in [0.4, 0.5) is 11.4 Å². The number of aryl methyl sites for hydroxylation is 2. The first-order valence-corrected chi connectivity index (χ1v) is 14.2. The molecular weight excluding hydrogens is 462 g/mol. The fourth-order valence-electron chi connectivity index (χ4n) is 3.85. The zero-order valence-corrected chi connectivity index (χ0v) is 20.9. The number of nitrogens with zero attached hydrogens (tertiary/aromatic N) is 2. The maximum Gasteiger partial charge on any atom is 0.243 e. The van der Waals surface area contributed by atoms with Gasteiger partial charge in [0.05, 0.1) is 16.8 Å². The van der Waals surface area contributed by atoms with Crippen molar-refractivity contribution in [1.29, 1.82) is 0 Å². The van der Waals surface area contributed by atoms with E-state index >= 15 is 0 Å². The fourth-order valence-corrected chi connectivity index (χ4v) is 6.38. The zero-order valence-electron chi connectivity index (χ0n) is 19.2. The van der Waals surface area contributed by atoms with Crippen LogP contribution in [0.1, 0.15) is 36.8 Å². The molecule has 0 radical (unpaired) electrons. The van der Waals surface area contributed by atoms with Gasteiger partial charge < -0.3 is 5.32 Å². The smallest absolute Gasteiger partial charge is 0.243 e. The minimum absolute atomic E-state index is 0.130. The highest BCUT2D eigenvalue weighted by atomic mass is 32.2. The second kappa shape index (κ2) is 10.2. The Morgan fingerprint density at radius 1 is 1.00 bits per heavy atom. The van der Waals surface area contributed by atoms with Crippen molar-refractivity contribution >= 4 is 37.3 Å². The van der Waals surface area contributed by atoms with E-state index in [0.717, 1.165) is 30.2 Å². The molecule has 180 valence electrons. The first-order valence-electron chi connectivity index (χ1n) is 10.9. The average molecular weight is 494 g/mol. The topological polar surface area (TPSA) is 104 Å². The number of hydrogen-bond acceptors (Lipinski definition) is 5. The molecule has 1 saturated heterocycles. The van der Waals surface area contributed by atoms with E-state index in [9.17, 15) is 21.6 Å². The lowest BCUT2D eigenvalue weighted by Gasteiger charge is -2.24. The molecule has 3 rings (SSSR count). The van der Waals surface area contributed by atoms with Crippen LogP contribution >= 0.6 is 0 Å². The summed E-state index contributed by atoms with van der Waals surface area (Å²) in [6, 6.07) is 11.8. The number of carbonyl (C=O) groups excluding carboxylic acids is 1. The predicted molar refractivity (Wildman–Crippen MR) is 130 cm³/mol. The Kier molecular flexibility index (Phi) is 7.81. The highest BCUT2D eigenvalue weighted by Crippen LogP contribution is 2.25. The number of rotatable bonds is 9. The lowest BCUT2D eigenvalue weighted by molar-refractivity contribution is -0.116. The molecule has 2 aromatic carbocycles. The van der Waals surface area contributed by atoms with Gasteiger partial charge in [0.1, 0.15) is 0 Å². The molecule has 1 amide bonds. The number of hydrogen-bond donors (Lipinski definition) is 1. The number of benzene rings is 2. The van der Waals surface area contributed by atoms with Crippen LogP contribution in [0.25, 0.3) is 0 Å². The number of anilines is 2. The Bertz CT molecular complexity index is 1200. The molecule has 2 aromatic rings. The second-order valence-corrected chi connectivity index (χ2v) is 12.3. The van der Waals surface area contributed by atoms with Crippen LogP contribution in [0.15, 0.2) is 47.4 Å². The summed E-state index contributed by atoms with van der Waals surface area (Å²) in [5, 5.41) is 2.75. The van der Waals surface area contributed by atoms with Gasteiger partial charge in [-0.25, -0.2) is 16.8 Å². The van der Waals surface area contributed by atoms with Crippen molar-refractivity contribution < 1.29 is 21.6 Å². The van der Waals surface area contributed by atoms with Crippen LogP contribution in [0.3, 0.4) is 0 Å². The first kappa shape index (κ1) is 25.2.